The van der Waals surface area contributed by atoms with Gasteiger partial charge in [-0.3, -0.25) is 0 Å². The number of para-hydroxylation sites is 1. The van der Waals surface area contributed by atoms with Crippen molar-refractivity contribution in [3.8, 4) is 17.0 Å². The molecule has 0 aliphatic carbocycles. The fourth-order valence-corrected chi connectivity index (χ4v) is 2.50. The van der Waals surface area contributed by atoms with Gasteiger partial charge in [-0.1, -0.05) is 12.1 Å². The quantitative estimate of drug-likeness (QED) is 0.801. The van der Waals surface area contributed by atoms with E-state index in [0.717, 1.165) is 22.7 Å². The first-order chi connectivity index (χ1) is 10.2. The van der Waals surface area contributed by atoms with Gasteiger partial charge in [-0.25, -0.2) is 9.37 Å². The molecule has 2 heterocycles. The summed E-state index contributed by atoms with van der Waals surface area (Å²) in [4.78, 5) is 4.61. The maximum atomic E-state index is 13.5. The second kappa shape index (κ2) is 5.54. The van der Waals surface area contributed by atoms with E-state index >= 15 is 0 Å². The van der Waals surface area contributed by atoms with Crippen molar-refractivity contribution in [1.82, 2.24) is 9.38 Å². The van der Waals surface area contributed by atoms with Gasteiger partial charge in [0.05, 0.1) is 18.5 Å². The van der Waals surface area contributed by atoms with Crippen molar-refractivity contribution in [2.24, 2.45) is 5.73 Å². The van der Waals surface area contributed by atoms with Crippen molar-refractivity contribution in [2.45, 2.75) is 6.42 Å². The molecular formula is C16H16FN3O. The first-order valence-corrected chi connectivity index (χ1v) is 6.74. The van der Waals surface area contributed by atoms with E-state index in [1.54, 1.807) is 17.6 Å². The number of halogens is 1. The molecule has 0 saturated heterocycles. The monoisotopic (exact) mass is 285 g/mol. The van der Waals surface area contributed by atoms with Gasteiger partial charge in [-0.2, -0.15) is 0 Å². The Morgan fingerprint density at radius 1 is 1.24 bits per heavy atom. The van der Waals surface area contributed by atoms with Crippen LogP contribution >= 0.6 is 0 Å². The summed E-state index contributed by atoms with van der Waals surface area (Å²) in [6.07, 6.45) is 2.05. The molecule has 108 valence electrons. The van der Waals surface area contributed by atoms with E-state index in [-0.39, 0.29) is 5.82 Å². The third kappa shape index (κ3) is 2.36. The van der Waals surface area contributed by atoms with Crippen LogP contribution in [0.2, 0.25) is 0 Å². The lowest BCUT2D eigenvalue weighted by Gasteiger charge is -2.08. The molecule has 1 aromatic carbocycles. The van der Waals surface area contributed by atoms with E-state index in [9.17, 15) is 4.39 Å². The van der Waals surface area contributed by atoms with Crippen LogP contribution in [0.5, 0.6) is 5.75 Å². The molecule has 4 nitrogen and oxygen atoms in total. The Morgan fingerprint density at radius 2 is 2.05 bits per heavy atom. The molecule has 0 saturated carbocycles. The van der Waals surface area contributed by atoms with Crippen molar-refractivity contribution in [3.05, 3.63) is 54.1 Å². The van der Waals surface area contributed by atoms with Gasteiger partial charge < -0.3 is 14.9 Å². The summed E-state index contributed by atoms with van der Waals surface area (Å²) in [5.41, 5.74) is 8.94. The molecule has 21 heavy (non-hydrogen) atoms. The van der Waals surface area contributed by atoms with Crippen LogP contribution in [0.15, 0.2) is 42.6 Å². The number of aromatic nitrogens is 2. The summed E-state index contributed by atoms with van der Waals surface area (Å²) >= 11 is 0. The third-order valence-corrected chi connectivity index (χ3v) is 3.42. The molecule has 0 radical (unpaired) electrons. The lowest BCUT2D eigenvalue weighted by atomic mass is 10.1. The highest BCUT2D eigenvalue weighted by Gasteiger charge is 2.16. The molecule has 2 N–H and O–H groups in total. The van der Waals surface area contributed by atoms with E-state index in [1.165, 1.54) is 12.3 Å². The Morgan fingerprint density at radius 3 is 2.81 bits per heavy atom. The van der Waals surface area contributed by atoms with Gasteiger partial charge >= 0.3 is 0 Å². The van der Waals surface area contributed by atoms with Gasteiger partial charge in [0.1, 0.15) is 17.2 Å². The number of hydrogen-bond donors (Lipinski definition) is 1. The summed E-state index contributed by atoms with van der Waals surface area (Å²) in [6.45, 7) is 0.465. The van der Waals surface area contributed by atoms with Crippen LogP contribution in [0.4, 0.5) is 4.39 Å². The number of benzene rings is 1. The third-order valence-electron chi connectivity index (χ3n) is 3.42. The average molecular weight is 285 g/mol. The molecule has 0 unspecified atom stereocenters. The van der Waals surface area contributed by atoms with Crippen LogP contribution in [0, 0.1) is 5.82 Å². The van der Waals surface area contributed by atoms with E-state index in [4.69, 9.17) is 10.5 Å². The maximum absolute atomic E-state index is 13.5. The number of hydrogen-bond acceptors (Lipinski definition) is 3. The molecule has 3 aromatic rings. The lowest BCUT2D eigenvalue weighted by molar-refractivity contribution is 0.416. The lowest BCUT2D eigenvalue weighted by Crippen LogP contribution is -2.06. The topological polar surface area (TPSA) is 52.5 Å². The summed E-state index contributed by atoms with van der Waals surface area (Å²) in [6, 6.07) is 10.7. The van der Waals surface area contributed by atoms with Crippen molar-refractivity contribution < 1.29 is 9.13 Å². The van der Waals surface area contributed by atoms with Crippen molar-refractivity contribution in [3.63, 3.8) is 0 Å². The largest absolute Gasteiger partial charge is 0.496 e. The number of nitrogens with two attached hydrogens (primary N) is 1. The Kier molecular flexibility index (Phi) is 3.58. The summed E-state index contributed by atoms with van der Waals surface area (Å²) in [7, 11) is 1.62. The van der Waals surface area contributed by atoms with Crippen molar-refractivity contribution >= 4 is 5.65 Å². The first-order valence-electron chi connectivity index (χ1n) is 6.74. The molecule has 2 aromatic heterocycles. The molecule has 0 aliphatic rings. The standard InChI is InChI=1S/C16H16FN3O/c1-21-14-5-3-2-4-12(14)16-13(8-9-18)20-10-11(17)6-7-15(20)19-16/h2-7,10H,8-9,18H2,1H3. The minimum atomic E-state index is -0.301. The molecule has 0 atom stereocenters. The zero-order chi connectivity index (χ0) is 14.8. The second-order valence-corrected chi connectivity index (χ2v) is 4.72. The summed E-state index contributed by atoms with van der Waals surface area (Å²) < 4.78 is 20.7. The SMILES string of the molecule is COc1ccccc1-c1nc2ccc(F)cn2c1CCN. The minimum Gasteiger partial charge on any atom is -0.496 e. The Balaban J connectivity index is 2.28. The van der Waals surface area contributed by atoms with E-state index in [1.807, 2.05) is 24.3 Å². The molecule has 3 rings (SSSR count). The number of pyridine rings is 1. The van der Waals surface area contributed by atoms with Crippen LogP contribution in [-0.4, -0.2) is 23.0 Å². The Hall–Kier alpha value is -2.40. The van der Waals surface area contributed by atoms with Crippen molar-refractivity contribution in [1.29, 1.82) is 0 Å². The van der Waals surface area contributed by atoms with Crippen LogP contribution < -0.4 is 10.5 Å². The fourth-order valence-electron chi connectivity index (χ4n) is 2.50. The number of imidazole rings is 1. The highest BCUT2D eigenvalue weighted by molar-refractivity contribution is 5.72. The number of fused-ring (bicyclic) bond motifs is 1. The second-order valence-electron chi connectivity index (χ2n) is 4.72. The van der Waals surface area contributed by atoms with Gasteiger partial charge in [0, 0.05) is 18.2 Å². The number of methoxy groups -OCH3 is 1. The zero-order valence-electron chi connectivity index (χ0n) is 11.7. The molecular weight excluding hydrogens is 269 g/mol. The number of ether oxygens (including phenoxy) is 1. The van der Waals surface area contributed by atoms with Crippen LogP contribution in [0.25, 0.3) is 16.9 Å². The Labute approximate surface area is 122 Å². The van der Waals surface area contributed by atoms with Crippen LogP contribution in [0.3, 0.4) is 0 Å². The molecule has 0 spiro atoms. The van der Waals surface area contributed by atoms with Gasteiger partial charge in [-0.05, 0) is 30.8 Å². The molecule has 0 fully saturated rings. The first kappa shape index (κ1) is 13.6. The van der Waals surface area contributed by atoms with E-state index < -0.39 is 0 Å². The smallest absolute Gasteiger partial charge is 0.139 e. The van der Waals surface area contributed by atoms with Gasteiger partial charge in [0.25, 0.3) is 0 Å². The van der Waals surface area contributed by atoms with Gasteiger partial charge in [0.15, 0.2) is 0 Å². The van der Waals surface area contributed by atoms with Crippen LogP contribution in [0.1, 0.15) is 5.69 Å². The van der Waals surface area contributed by atoms with Gasteiger partial charge in [0.2, 0.25) is 0 Å². The van der Waals surface area contributed by atoms with E-state index in [2.05, 4.69) is 4.98 Å². The predicted molar refractivity (Wildman–Crippen MR) is 79.9 cm³/mol. The van der Waals surface area contributed by atoms with Gasteiger partial charge in [-0.15, -0.1) is 0 Å². The highest BCUT2D eigenvalue weighted by Crippen LogP contribution is 2.32. The highest BCUT2D eigenvalue weighted by atomic mass is 19.1. The summed E-state index contributed by atoms with van der Waals surface area (Å²) in [5.74, 6) is 0.435. The maximum Gasteiger partial charge on any atom is 0.139 e. The predicted octanol–water partition coefficient (Wildman–Crippen LogP) is 2.65. The fraction of sp³-hybridized carbons (Fsp3) is 0.188. The Bertz CT molecular complexity index is 782. The zero-order valence-corrected chi connectivity index (χ0v) is 11.7. The normalized spacial score (nSPS) is 11.0. The van der Waals surface area contributed by atoms with E-state index in [0.29, 0.717) is 18.6 Å². The number of nitrogens with zero attached hydrogens (tertiary/aromatic N) is 2. The number of rotatable bonds is 4. The minimum absolute atomic E-state index is 0.301. The van der Waals surface area contributed by atoms with Crippen molar-refractivity contribution in [2.75, 3.05) is 13.7 Å². The molecule has 5 heteroatoms. The summed E-state index contributed by atoms with van der Waals surface area (Å²) in [5, 5.41) is 0. The van der Waals surface area contributed by atoms with Crippen LogP contribution in [-0.2, 0) is 6.42 Å². The molecule has 0 bridgehead atoms. The average Bonchev–Trinajstić information content (AvgIpc) is 2.86. The molecule has 0 amide bonds. The molecule has 0 aliphatic heterocycles.